The molecular formula is C26H31ClN4O8. The van der Waals surface area contributed by atoms with Crippen LogP contribution in [0.15, 0.2) is 36.4 Å². The zero-order valence-electron chi connectivity index (χ0n) is 21.7. The minimum Gasteiger partial charge on any atom is -0.496 e. The zero-order valence-corrected chi connectivity index (χ0v) is 22.4. The number of aromatic carboxylic acids is 1. The molecule has 0 saturated carbocycles. The predicted molar refractivity (Wildman–Crippen MR) is 143 cm³/mol. The first-order valence-electron chi connectivity index (χ1n) is 11.9. The SMILES string of the molecule is CC(=O)O.CCC(NC(=O)N1CC(=O)NCC(Cc2cc(Cl)ccc2OC)C1=O)c1ccc(C(=O)O)c(N)c1. The van der Waals surface area contributed by atoms with E-state index < -0.39 is 48.3 Å². The second-order valence-corrected chi connectivity index (χ2v) is 9.10. The van der Waals surface area contributed by atoms with E-state index in [1.807, 2.05) is 6.92 Å². The van der Waals surface area contributed by atoms with E-state index in [0.717, 1.165) is 11.8 Å². The molecule has 12 nitrogen and oxygen atoms in total. The number of nitrogens with one attached hydrogen (secondary N) is 2. The van der Waals surface area contributed by atoms with Crippen LogP contribution < -0.4 is 21.1 Å². The number of nitrogens with two attached hydrogens (primary N) is 1. The van der Waals surface area contributed by atoms with Crippen LogP contribution in [0.2, 0.25) is 5.02 Å². The Morgan fingerprint density at radius 3 is 2.44 bits per heavy atom. The number of carbonyl (C=O) groups is 5. The number of anilines is 1. The van der Waals surface area contributed by atoms with Gasteiger partial charge in [-0.15, -0.1) is 0 Å². The Morgan fingerprint density at radius 1 is 1.21 bits per heavy atom. The zero-order chi connectivity index (χ0) is 29.3. The molecule has 0 bridgehead atoms. The van der Waals surface area contributed by atoms with Gasteiger partial charge in [0.25, 0.3) is 5.97 Å². The van der Waals surface area contributed by atoms with Crippen LogP contribution in [-0.2, 0) is 20.8 Å². The standard InChI is InChI=1S/C24H27ClN4O6.C2H4O2/c1-3-19(13-4-6-17(23(32)33)18(26)10-13)28-24(34)29-12-21(30)27-11-15(22(29)31)8-14-9-16(25)5-7-20(14)35-2;1-2(3)4/h4-7,9-10,15,19H,3,8,11-12,26H2,1-2H3,(H,27,30)(H,28,34)(H,32,33);1H3,(H,3,4). The lowest BCUT2D eigenvalue weighted by atomic mass is 9.97. The third kappa shape index (κ3) is 8.60. The number of hydrogen-bond donors (Lipinski definition) is 5. The van der Waals surface area contributed by atoms with Gasteiger partial charge >= 0.3 is 12.0 Å². The maximum absolute atomic E-state index is 13.3. The predicted octanol–water partition coefficient (Wildman–Crippen LogP) is 2.70. The van der Waals surface area contributed by atoms with Crippen molar-refractivity contribution in [3.63, 3.8) is 0 Å². The summed E-state index contributed by atoms with van der Waals surface area (Å²) in [5.74, 6) is -3.14. The summed E-state index contributed by atoms with van der Waals surface area (Å²) in [6.07, 6.45) is 0.645. The van der Waals surface area contributed by atoms with Gasteiger partial charge in [0.05, 0.1) is 24.6 Å². The second kappa shape index (κ2) is 14.0. The number of nitrogens with zero attached hydrogens (tertiary/aromatic N) is 1. The number of halogens is 1. The van der Waals surface area contributed by atoms with Crippen LogP contribution >= 0.6 is 11.6 Å². The number of imide groups is 1. The maximum Gasteiger partial charge on any atom is 0.337 e. The van der Waals surface area contributed by atoms with Gasteiger partial charge in [-0.1, -0.05) is 24.6 Å². The number of carboxylic acid groups (broad SMARTS) is 2. The third-order valence-electron chi connectivity index (χ3n) is 5.83. The van der Waals surface area contributed by atoms with Crippen LogP contribution in [0.25, 0.3) is 0 Å². The molecule has 1 aliphatic heterocycles. The van der Waals surface area contributed by atoms with E-state index in [4.69, 9.17) is 32.0 Å². The Hall–Kier alpha value is -4.32. The maximum atomic E-state index is 13.3. The monoisotopic (exact) mass is 562 g/mol. The Bertz CT molecular complexity index is 1250. The summed E-state index contributed by atoms with van der Waals surface area (Å²) in [6, 6.07) is 8.14. The van der Waals surface area contributed by atoms with Crippen molar-refractivity contribution in [1.82, 2.24) is 15.5 Å². The Kier molecular flexibility index (Phi) is 11.1. The molecule has 0 radical (unpaired) electrons. The number of benzene rings is 2. The summed E-state index contributed by atoms with van der Waals surface area (Å²) >= 11 is 6.11. The third-order valence-corrected chi connectivity index (χ3v) is 6.07. The van der Waals surface area contributed by atoms with E-state index in [9.17, 15) is 24.3 Å². The normalized spacial score (nSPS) is 15.7. The van der Waals surface area contributed by atoms with Crippen molar-refractivity contribution in [1.29, 1.82) is 0 Å². The van der Waals surface area contributed by atoms with Crippen LogP contribution in [0.1, 0.15) is 47.8 Å². The van der Waals surface area contributed by atoms with Gasteiger partial charge in [0.2, 0.25) is 11.8 Å². The number of methoxy groups -OCH3 is 1. The summed E-state index contributed by atoms with van der Waals surface area (Å²) in [4.78, 5) is 59.9. The molecule has 0 aromatic heterocycles. The highest BCUT2D eigenvalue weighted by Crippen LogP contribution is 2.27. The van der Waals surface area contributed by atoms with Gasteiger partial charge in [-0.2, -0.15) is 0 Å². The van der Waals surface area contributed by atoms with Gasteiger partial charge in [0.15, 0.2) is 0 Å². The van der Waals surface area contributed by atoms with Crippen molar-refractivity contribution in [2.75, 3.05) is 25.9 Å². The summed E-state index contributed by atoms with van der Waals surface area (Å²) < 4.78 is 5.36. The largest absolute Gasteiger partial charge is 0.496 e. The minimum atomic E-state index is -1.16. The lowest BCUT2D eigenvalue weighted by Gasteiger charge is -2.25. The van der Waals surface area contributed by atoms with Crippen LogP contribution in [0.5, 0.6) is 5.75 Å². The fraction of sp³-hybridized carbons (Fsp3) is 0.346. The molecule has 2 unspecified atom stereocenters. The molecule has 0 aliphatic carbocycles. The van der Waals surface area contributed by atoms with Crippen molar-refractivity contribution >= 4 is 47.1 Å². The van der Waals surface area contributed by atoms with Crippen molar-refractivity contribution in [2.24, 2.45) is 5.92 Å². The molecule has 39 heavy (non-hydrogen) atoms. The highest BCUT2D eigenvalue weighted by molar-refractivity contribution is 6.30. The molecule has 2 aromatic carbocycles. The summed E-state index contributed by atoms with van der Waals surface area (Å²) in [6.45, 7) is 2.53. The minimum absolute atomic E-state index is 0.0476. The number of hydrogen-bond acceptors (Lipinski definition) is 7. The molecule has 2 aromatic rings. The molecule has 2 atom stereocenters. The highest BCUT2D eigenvalue weighted by atomic mass is 35.5. The first-order chi connectivity index (χ1) is 18.4. The van der Waals surface area contributed by atoms with Gasteiger partial charge in [0.1, 0.15) is 12.3 Å². The quantitative estimate of drug-likeness (QED) is 0.316. The summed E-state index contributed by atoms with van der Waals surface area (Å²) in [5, 5.41) is 22.5. The molecular weight excluding hydrogens is 532 g/mol. The molecule has 13 heteroatoms. The number of nitrogen functional groups attached to an aromatic ring is 1. The van der Waals surface area contributed by atoms with E-state index in [0.29, 0.717) is 28.3 Å². The lowest BCUT2D eigenvalue weighted by molar-refractivity contribution is -0.134. The molecule has 4 amide bonds. The number of aliphatic carboxylic acids is 1. The lowest BCUT2D eigenvalue weighted by Crippen LogP contribution is -2.48. The van der Waals surface area contributed by atoms with Crippen LogP contribution in [0.4, 0.5) is 10.5 Å². The van der Waals surface area contributed by atoms with E-state index in [1.54, 1.807) is 24.3 Å². The number of urea groups is 1. The Balaban J connectivity index is 0.00000124. The topological polar surface area (TPSA) is 188 Å². The highest BCUT2D eigenvalue weighted by Gasteiger charge is 2.35. The van der Waals surface area contributed by atoms with Gasteiger partial charge in [-0.05, 0) is 54.3 Å². The fourth-order valence-corrected chi connectivity index (χ4v) is 4.16. The average Bonchev–Trinajstić information content (AvgIpc) is 3.00. The molecule has 0 spiro atoms. The van der Waals surface area contributed by atoms with Crippen LogP contribution in [-0.4, -0.2) is 65.1 Å². The number of ether oxygens (including phenoxy) is 1. The summed E-state index contributed by atoms with van der Waals surface area (Å²) in [7, 11) is 1.50. The smallest absolute Gasteiger partial charge is 0.337 e. The van der Waals surface area contributed by atoms with Gasteiger partial charge in [0, 0.05) is 24.2 Å². The first kappa shape index (κ1) is 30.9. The molecule has 210 valence electrons. The number of amides is 4. The van der Waals surface area contributed by atoms with Crippen molar-refractivity contribution < 1.29 is 38.9 Å². The number of rotatable bonds is 7. The fourth-order valence-electron chi connectivity index (χ4n) is 3.97. The average molecular weight is 563 g/mol. The Morgan fingerprint density at radius 2 is 1.87 bits per heavy atom. The Labute approximate surface area is 230 Å². The van der Waals surface area contributed by atoms with Gasteiger partial charge in [-0.25, -0.2) is 9.59 Å². The molecule has 6 N–H and O–H groups in total. The molecule has 1 saturated heterocycles. The molecule has 1 fully saturated rings. The van der Waals surface area contributed by atoms with E-state index in [2.05, 4.69) is 10.6 Å². The van der Waals surface area contributed by atoms with Gasteiger partial charge in [-0.3, -0.25) is 19.3 Å². The first-order valence-corrected chi connectivity index (χ1v) is 12.3. The van der Waals surface area contributed by atoms with Crippen molar-refractivity contribution in [3.05, 3.63) is 58.1 Å². The van der Waals surface area contributed by atoms with Crippen LogP contribution in [0, 0.1) is 5.92 Å². The molecule has 1 aliphatic rings. The number of carboxylic acids is 2. The van der Waals surface area contributed by atoms with E-state index >= 15 is 0 Å². The van der Waals surface area contributed by atoms with Crippen molar-refractivity contribution in [2.45, 2.75) is 32.7 Å². The van der Waals surface area contributed by atoms with Crippen LogP contribution in [0.3, 0.4) is 0 Å². The van der Waals surface area contributed by atoms with E-state index in [-0.39, 0.29) is 24.2 Å². The number of carbonyl (C=O) groups excluding carboxylic acids is 3. The summed E-state index contributed by atoms with van der Waals surface area (Å²) in [5.41, 5.74) is 7.11. The second-order valence-electron chi connectivity index (χ2n) is 8.67. The van der Waals surface area contributed by atoms with Crippen molar-refractivity contribution in [3.8, 4) is 5.75 Å². The van der Waals surface area contributed by atoms with Gasteiger partial charge < -0.3 is 31.3 Å². The molecule has 3 rings (SSSR count). The van der Waals surface area contributed by atoms with E-state index in [1.165, 1.54) is 19.2 Å². The molecule has 1 heterocycles.